The minimum atomic E-state index is -0.232. The van der Waals surface area contributed by atoms with E-state index in [4.69, 9.17) is 10.5 Å². The van der Waals surface area contributed by atoms with Crippen molar-refractivity contribution in [1.29, 1.82) is 0 Å². The van der Waals surface area contributed by atoms with Crippen molar-refractivity contribution in [3.63, 3.8) is 0 Å². The summed E-state index contributed by atoms with van der Waals surface area (Å²) < 4.78 is 5.71. The molecule has 0 aromatic carbocycles. The number of aromatic nitrogens is 1. The number of aliphatic imine (C=N–C) groups is 1. The largest absolute Gasteiger partial charge is 0.472 e. The minimum absolute atomic E-state index is 0. The number of nitrogens with two attached hydrogens (primary N) is 1. The van der Waals surface area contributed by atoms with Gasteiger partial charge in [0.05, 0.1) is 6.54 Å². The van der Waals surface area contributed by atoms with Gasteiger partial charge in [-0.15, -0.1) is 24.0 Å². The highest BCUT2D eigenvalue weighted by Crippen LogP contribution is 2.15. The Morgan fingerprint density at radius 3 is 2.39 bits per heavy atom. The summed E-state index contributed by atoms with van der Waals surface area (Å²) in [6.07, 6.45) is 6.80. The molecule has 1 aliphatic heterocycles. The molecule has 0 bridgehead atoms. The molecule has 0 saturated carbocycles. The number of likely N-dealkylation sites (tertiary alicyclic amines) is 1. The highest BCUT2D eigenvalue weighted by atomic mass is 127. The molecule has 23 heavy (non-hydrogen) atoms. The second kappa shape index (κ2) is 9.30. The van der Waals surface area contributed by atoms with Gasteiger partial charge in [-0.2, -0.15) is 0 Å². The van der Waals surface area contributed by atoms with Crippen LogP contribution in [-0.4, -0.2) is 34.5 Å². The normalized spacial score (nSPS) is 16.5. The molecule has 0 unspecified atom stereocenters. The summed E-state index contributed by atoms with van der Waals surface area (Å²) in [5.74, 6) is 1.29. The van der Waals surface area contributed by atoms with E-state index in [1.807, 2.05) is 32.9 Å². The minimum Gasteiger partial charge on any atom is -0.472 e. The average Bonchev–Trinajstić information content (AvgIpc) is 2.74. The van der Waals surface area contributed by atoms with Crippen LogP contribution in [0.4, 0.5) is 0 Å². The Morgan fingerprint density at radius 1 is 1.22 bits per heavy atom. The van der Waals surface area contributed by atoms with Crippen molar-refractivity contribution in [3.05, 3.63) is 23.9 Å². The molecular formula is C17H29IN4O. The Hall–Kier alpha value is -1.05. The van der Waals surface area contributed by atoms with Gasteiger partial charge < -0.3 is 15.4 Å². The molecule has 1 aromatic heterocycles. The first-order chi connectivity index (χ1) is 10.4. The van der Waals surface area contributed by atoms with E-state index in [0.29, 0.717) is 18.4 Å². The third-order valence-corrected chi connectivity index (χ3v) is 3.56. The summed E-state index contributed by atoms with van der Waals surface area (Å²) in [5.41, 5.74) is 6.92. The predicted molar refractivity (Wildman–Crippen MR) is 105 cm³/mol. The van der Waals surface area contributed by atoms with E-state index in [1.54, 1.807) is 6.20 Å². The maximum atomic E-state index is 6.11. The second-order valence-corrected chi connectivity index (χ2v) is 6.79. The van der Waals surface area contributed by atoms with Gasteiger partial charge in [0.15, 0.2) is 5.96 Å². The van der Waals surface area contributed by atoms with Crippen molar-refractivity contribution >= 4 is 29.9 Å². The first-order valence-electron chi connectivity index (χ1n) is 8.13. The molecule has 1 saturated heterocycles. The molecule has 2 rings (SSSR count). The molecule has 1 fully saturated rings. The third kappa shape index (κ3) is 7.37. The van der Waals surface area contributed by atoms with Crippen molar-refractivity contribution in [2.45, 2.75) is 58.6 Å². The zero-order valence-corrected chi connectivity index (χ0v) is 16.7. The Bertz CT molecular complexity index is 488. The van der Waals surface area contributed by atoms with Gasteiger partial charge in [-0.05, 0) is 39.2 Å². The summed E-state index contributed by atoms with van der Waals surface area (Å²) in [6, 6.07) is 3.88. The van der Waals surface area contributed by atoms with E-state index in [9.17, 15) is 0 Å². The van der Waals surface area contributed by atoms with Crippen molar-refractivity contribution in [2.24, 2.45) is 10.7 Å². The van der Waals surface area contributed by atoms with Crippen LogP contribution in [0.1, 0.15) is 52.0 Å². The SMILES string of the molecule is CC(C)(C)Oc1ccc(CN=C(N)N2CCCCCC2)cn1.I. The molecule has 0 amide bonds. The fourth-order valence-electron chi connectivity index (χ4n) is 2.45. The van der Waals surface area contributed by atoms with Crippen LogP contribution in [-0.2, 0) is 6.54 Å². The first-order valence-corrected chi connectivity index (χ1v) is 8.13. The number of pyridine rings is 1. The highest BCUT2D eigenvalue weighted by molar-refractivity contribution is 14.0. The zero-order valence-electron chi connectivity index (χ0n) is 14.4. The van der Waals surface area contributed by atoms with E-state index >= 15 is 0 Å². The molecule has 0 radical (unpaired) electrons. The molecule has 0 spiro atoms. The molecule has 130 valence electrons. The van der Waals surface area contributed by atoms with Gasteiger partial charge in [-0.3, -0.25) is 0 Å². The van der Waals surface area contributed by atoms with Gasteiger partial charge in [-0.1, -0.05) is 18.9 Å². The molecule has 2 N–H and O–H groups in total. The number of hydrogen-bond acceptors (Lipinski definition) is 3. The van der Waals surface area contributed by atoms with Crippen molar-refractivity contribution in [2.75, 3.05) is 13.1 Å². The Morgan fingerprint density at radius 2 is 1.87 bits per heavy atom. The zero-order chi connectivity index (χ0) is 16.0. The van der Waals surface area contributed by atoms with Crippen LogP contribution < -0.4 is 10.5 Å². The maximum absolute atomic E-state index is 6.11. The number of hydrogen-bond donors (Lipinski definition) is 1. The molecule has 5 nitrogen and oxygen atoms in total. The van der Waals surface area contributed by atoms with Crippen LogP contribution in [0.2, 0.25) is 0 Å². The molecule has 1 aromatic rings. The molecule has 1 aliphatic rings. The summed E-state index contributed by atoms with van der Waals surface area (Å²) in [5, 5.41) is 0. The predicted octanol–water partition coefficient (Wildman–Crippen LogP) is 3.57. The van der Waals surface area contributed by atoms with Crippen LogP contribution in [0.25, 0.3) is 0 Å². The van der Waals surface area contributed by atoms with Crippen LogP contribution in [0.15, 0.2) is 23.3 Å². The van der Waals surface area contributed by atoms with Gasteiger partial charge in [0.2, 0.25) is 5.88 Å². The fourth-order valence-corrected chi connectivity index (χ4v) is 2.45. The van der Waals surface area contributed by atoms with E-state index < -0.39 is 0 Å². The van der Waals surface area contributed by atoms with Gasteiger partial charge in [-0.25, -0.2) is 9.98 Å². The number of guanidine groups is 1. The first kappa shape index (κ1) is 20.0. The van der Waals surface area contributed by atoms with Crippen LogP contribution in [0.3, 0.4) is 0 Å². The van der Waals surface area contributed by atoms with Crippen LogP contribution in [0.5, 0.6) is 5.88 Å². The van der Waals surface area contributed by atoms with E-state index in [0.717, 1.165) is 18.7 Å². The molecule has 0 aliphatic carbocycles. The number of ether oxygens (including phenoxy) is 1. The Balaban J connectivity index is 0.00000264. The summed E-state index contributed by atoms with van der Waals surface area (Å²) in [7, 11) is 0. The van der Waals surface area contributed by atoms with E-state index in [-0.39, 0.29) is 29.6 Å². The summed E-state index contributed by atoms with van der Waals surface area (Å²) >= 11 is 0. The van der Waals surface area contributed by atoms with Crippen molar-refractivity contribution in [3.8, 4) is 5.88 Å². The average molecular weight is 432 g/mol. The lowest BCUT2D eigenvalue weighted by Gasteiger charge is -2.21. The van der Waals surface area contributed by atoms with Crippen molar-refractivity contribution < 1.29 is 4.74 Å². The van der Waals surface area contributed by atoms with Crippen LogP contribution in [0, 0.1) is 0 Å². The highest BCUT2D eigenvalue weighted by Gasteiger charge is 2.13. The monoisotopic (exact) mass is 432 g/mol. The molecule has 6 heteroatoms. The van der Waals surface area contributed by atoms with Gasteiger partial charge in [0.25, 0.3) is 0 Å². The standard InChI is InChI=1S/C17H28N4O.HI/c1-17(2,3)22-15-9-8-14(12-19-15)13-20-16(18)21-10-6-4-5-7-11-21;/h8-9,12H,4-7,10-11,13H2,1-3H3,(H2,18,20);1H. The maximum Gasteiger partial charge on any atom is 0.213 e. The lowest BCUT2D eigenvalue weighted by Crippen LogP contribution is -2.38. The van der Waals surface area contributed by atoms with Gasteiger partial charge in [0.1, 0.15) is 5.60 Å². The van der Waals surface area contributed by atoms with Crippen LogP contribution >= 0.6 is 24.0 Å². The third-order valence-electron chi connectivity index (χ3n) is 3.56. The molecular weight excluding hydrogens is 403 g/mol. The molecule has 2 heterocycles. The Kier molecular flexibility index (Phi) is 8.08. The lowest BCUT2D eigenvalue weighted by molar-refractivity contribution is 0.124. The fraction of sp³-hybridized carbons (Fsp3) is 0.647. The van der Waals surface area contributed by atoms with Gasteiger partial charge >= 0.3 is 0 Å². The number of nitrogens with zero attached hydrogens (tertiary/aromatic N) is 3. The topological polar surface area (TPSA) is 63.7 Å². The second-order valence-electron chi connectivity index (χ2n) is 6.79. The van der Waals surface area contributed by atoms with Crippen molar-refractivity contribution in [1.82, 2.24) is 9.88 Å². The number of rotatable bonds is 3. The number of halogens is 1. The molecule has 0 atom stereocenters. The summed E-state index contributed by atoms with van der Waals surface area (Å²) in [6.45, 7) is 8.63. The lowest BCUT2D eigenvalue weighted by atomic mass is 10.2. The van der Waals surface area contributed by atoms with E-state index in [2.05, 4.69) is 14.9 Å². The van der Waals surface area contributed by atoms with Gasteiger partial charge in [0, 0.05) is 25.4 Å². The smallest absolute Gasteiger partial charge is 0.213 e. The Labute approximate surface area is 156 Å². The van der Waals surface area contributed by atoms with E-state index in [1.165, 1.54) is 25.7 Å². The summed E-state index contributed by atoms with van der Waals surface area (Å²) in [4.78, 5) is 11.0. The quantitative estimate of drug-likeness (QED) is 0.451.